The summed E-state index contributed by atoms with van der Waals surface area (Å²) in [5, 5.41) is 16.7. The third-order valence-corrected chi connectivity index (χ3v) is 1.14. The molecule has 66 valence electrons. The van der Waals surface area contributed by atoms with E-state index in [0.717, 1.165) is 6.08 Å². The Labute approximate surface area is 68.8 Å². The van der Waals surface area contributed by atoms with Gasteiger partial charge in [0.05, 0.1) is 11.6 Å². The minimum Gasteiger partial charge on any atom is -0.478 e. The van der Waals surface area contributed by atoms with Crippen LogP contribution in [0.3, 0.4) is 0 Å². The number of carboxylic acids is 2. The predicted octanol–water partition coefficient (Wildman–Crippen LogP) is -0.405. The van der Waals surface area contributed by atoms with Crippen molar-refractivity contribution in [2.45, 2.75) is 6.04 Å². The number of rotatable bonds is 4. The van der Waals surface area contributed by atoms with Gasteiger partial charge in [0.2, 0.25) is 0 Å². The summed E-state index contributed by atoms with van der Waals surface area (Å²) in [6.45, 7) is 3.25. The normalized spacial score (nSPS) is 13.6. The van der Waals surface area contributed by atoms with E-state index in [4.69, 9.17) is 15.9 Å². The lowest BCUT2D eigenvalue weighted by atomic mass is 10.1. The molecule has 4 N–H and O–H groups in total. The zero-order valence-electron chi connectivity index (χ0n) is 6.23. The van der Waals surface area contributed by atoms with Gasteiger partial charge in [-0.3, -0.25) is 0 Å². The second kappa shape index (κ2) is 4.30. The molecule has 1 unspecified atom stereocenters. The highest BCUT2D eigenvalue weighted by Crippen LogP contribution is 2.00. The molecule has 0 bridgehead atoms. The fourth-order valence-electron chi connectivity index (χ4n) is 0.561. The van der Waals surface area contributed by atoms with Crippen LogP contribution >= 0.6 is 0 Å². The van der Waals surface area contributed by atoms with E-state index in [9.17, 15) is 9.59 Å². The molecule has 0 aromatic heterocycles. The summed E-state index contributed by atoms with van der Waals surface area (Å²) in [5.74, 6) is -2.70. The van der Waals surface area contributed by atoms with E-state index >= 15 is 0 Å². The largest absolute Gasteiger partial charge is 0.478 e. The zero-order chi connectivity index (χ0) is 9.72. The lowest BCUT2D eigenvalue weighted by Crippen LogP contribution is -2.25. The molecule has 0 heterocycles. The highest BCUT2D eigenvalue weighted by molar-refractivity contribution is 5.95. The Hall–Kier alpha value is -1.62. The minimum absolute atomic E-state index is 0.391. The van der Waals surface area contributed by atoms with Gasteiger partial charge in [0, 0.05) is 6.08 Å². The monoisotopic (exact) mass is 171 g/mol. The predicted molar refractivity (Wildman–Crippen MR) is 41.5 cm³/mol. The van der Waals surface area contributed by atoms with Crippen molar-refractivity contribution < 1.29 is 19.8 Å². The van der Waals surface area contributed by atoms with Gasteiger partial charge in [0.1, 0.15) is 0 Å². The van der Waals surface area contributed by atoms with Crippen molar-refractivity contribution in [2.75, 3.05) is 0 Å². The van der Waals surface area contributed by atoms with Gasteiger partial charge >= 0.3 is 11.9 Å². The molecule has 0 radical (unpaired) electrons. The molecule has 0 aliphatic rings. The van der Waals surface area contributed by atoms with Crippen molar-refractivity contribution in [1.82, 2.24) is 0 Å². The molecule has 0 aromatic carbocycles. The number of carbonyl (C=O) groups is 2. The minimum atomic E-state index is -1.36. The summed E-state index contributed by atoms with van der Waals surface area (Å²) in [4.78, 5) is 20.5. The molecule has 5 heteroatoms. The van der Waals surface area contributed by atoms with Crippen LogP contribution in [-0.4, -0.2) is 28.2 Å². The maximum atomic E-state index is 10.4. The van der Waals surface area contributed by atoms with Crippen LogP contribution < -0.4 is 5.73 Å². The summed E-state index contributed by atoms with van der Waals surface area (Å²) >= 11 is 0. The van der Waals surface area contributed by atoms with Crippen molar-refractivity contribution in [3.63, 3.8) is 0 Å². The van der Waals surface area contributed by atoms with Gasteiger partial charge in [-0.25, -0.2) is 9.59 Å². The standard InChI is InChI=1S/C7H9NO4/c1-2-5(8)4(7(11)12)3-6(9)10/h2-3,5H,1,8H2,(H,9,10)(H,11,12)/b4-3-. The van der Waals surface area contributed by atoms with Gasteiger partial charge in [0.25, 0.3) is 0 Å². The number of hydrogen-bond acceptors (Lipinski definition) is 3. The first-order valence-corrected chi connectivity index (χ1v) is 3.05. The van der Waals surface area contributed by atoms with Gasteiger partial charge in [0.15, 0.2) is 0 Å². The second-order valence-electron chi connectivity index (χ2n) is 2.00. The van der Waals surface area contributed by atoms with Crippen LogP contribution in [0.1, 0.15) is 0 Å². The molecule has 0 amide bonds. The molecular weight excluding hydrogens is 162 g/mol. The average Bonchev–Trinajstić information content (AvgIpc) is 1.98. The fraction of sp³-hybridized carbons (Fsp3) is 0.143. The summed E-state index contributed by atoms with van der Waals surface area (Å²) in [6.07, 6.45) is 1.71. The van der Waals surface area contributed by atoms with Crippen molar-refractivity contribution >= 4 is 11.9 Å². The topological polar surface area (TPSA) is 101 Å². The van der Waals surface area contributed by atoms with Crippen molar-refractivity contribution in [3.8, 4) is 0 Å². The van der Waals surface area contributed by atoms with E-state index in [1.165, 1.54) is 0 Å². The molecule has 0 aliphatic carbocycles. The van der Waals surface area contributed by atoms with Crippen LogP contribution in [-0.2, 0) is 9.59 Å². The number of hydrogen-bond donors (Lipinski definition) is 3. The molecule has 0 aliphatic heterocycles. The molecule has 0 spiro atoms. The summed E-state index contributed by atoms with van der Waals surface area (Å²) in [6, 6.07) is -0.960. The third-order valence-electron chi connectivity index (χ3n) is 1.14. The van der Waals surface area contributed by atoms with Crippen LogP contribution in [0, 0.1) is 0 Å². The van der Waals surface area contributed by atoms with E-state index in [1.54, 1.807) is 0 Å². The highest BCUT2D eigenvalue weighted by Gasteiger charge is 2.14. The van der Waals surface area contributed by atoms with Crippen LogP contribution in [0.15, 0.2) is 24.3 Å². The molecule has 0 saturated carbocycles. The van der Waals surface area contributed by atoms with E-state index in [1.807, 2.05) is 0 Å². The second-order valence-corrected chi connectivity index (χ2v) is 2.00. The van der Waals surface area contributed by atoms with Crippen LogP contribution in [0.25, 0.3) is 0 Å². The van der Waals surface area contributed by atoms with Crippen molar-refractivity contribution in [3.05, 3.63) is 24.3 Å². The van der Waals surface area contributed by atoms with Crippen LogP contribution in [0.2, 0.25) is 0 Å². The summed E-state index contributed by atoms with van der Waals surface area (Å²) in [7, 11) is 0. The fourth-order valence-corrected chi connectivity index (χ4v) is 0.561. The number of nitrogens with two attached hydrogens (primary N) is 1. The maximum absolute atomic E-state index is 10.4. The highest BCUT2D eigenvalue weighted by atomic mass is 16.4. The van der Waals surface area contributed by atoms with E-state index < -0.39 is 23.6 Å². The van der Waals surface area contributed by atoms with Gasteiger partial charge < -0.3 is 15.9 Å². The molecule has 0 saturated heterocycles. The van der Waals surface area contributed by atoms with Crippen LogP contribution in [0.5, 0.6) is 0 Å². The van der Waals surface area contributed by atoms with Crippen molar-refractivity contribution in [2.24, 2.45) is 5.73 Å². The molecule has 0 fully saturated rings. The molecule has 1 atom stereocenters. The van der Waals surface area contributed by atoms with E-state index in [0.29, 0.717) is 6.08 Å². The van der Waals surface area contributed by atoms with Crippen LogP contribution in [0.4, 0.5) is 0 Å². The molecule has 12 heavy (non-hydrogen) atoms. The van der Waals surface area contributed by atoms with Crippen molar-refractivity contribution in [1.29, 1.82) is 0 Å². The first kappa shape index (κ1) is 10.4. The van der Waals surface area contributed by atoms with E-state index in [2.05, 4.69) is 6.58 Å². The lowest BCUT2D eigenvalue weighted by Gasteiger charge is -2.04. The number of carboxylic acid groups (broad SMARTS) is 2. The Bertz CT molecular complexity index is 244. The molecule has 5 nitrogen and oxygen atoms in total. The van der Waals surface area contributed by atoms with Gasteiger partial charge in [-0.05, 0) is 0 Å². The van der Waals surface area contributed by atoms with Gasteiger partial charge in [-0.15, -0.1) is 6.58 Å². The first-order valence-electron chi connectivity index (χ1n) is 3.05. The average molecular weight is 171 g/mol. The quantitative estimate of drug-likeness (QED) is 0.394. The summed E-state index contributed by atoms with van der Waals surface area (Å²) < 4.78 is 0. The zero-order valence-corrected chi connectivity index (χ0v) is 6.23. The molecule has 0 rings (SSSR count). The lowest BCUT2D eigenvalue weighted by molar-refractivity contribution is -0.135. The molecule has 0 aromatic rings. The SMILES string of the molecule is C=CC(N)/C(=C/C(=O)O)C(=O)O. The molecular formula is C7H9NO4. The third kappa shape index (κ3) is 2.98. The Morgan fingerprint density at radius 2 is 1.92 bits per heavy atom. The Morgan fingerprint density at radius 3 is 2.17 bits per heavy atom. The summed E-state index contributed by atoms with van der Waals surface area (Å²) in [5.41, 5.74) is 4.84. The first-order chi connectivity index (χ1) is 5.49. The Kier molecular flexibility index (Phi) is 3.72. The van der Waals surface area contributed by atoms with Gasteiger partial charge in [-0.1, -0.05) is 6.08 Å². The van der Waals surface area contributed by atoms with E-state index in [-0.39, 0.29) is 0 Å². The maximum Gasteiger partial charge on any atom is 0.333 e. The van der Waals surface area contributed by atoms with Gasteiger partial charge in [-0.2, -0.15) is 0 Å². The smallest absolute Gasteiger partial charge is 0.333 e. The number of aliphatic carboxylic acids is 2. The Balaban J connectivity index is 4.78. The Morgan fingerprint density at radius 1 is 1.42 bits per heavy atom.